The number of ether oxygens (including phenoxy) is 2. The van der Waals surface area contributed by atoms with E-state index in [0.717, 1.165) is 0 Å². The molecule has 11 heteroatoms. The molecule has 1 aromatic carbocycles. The number of amides is 1. The molecule has 0 aliphatic carbocycles. The number of hydrogen-bond donors (Lipinski definition) is 7. The largest absolute Gasteiger partial charge is 0.508 e. The predicted molar refractivity (Wildman–Crippen MR) is 111 cm³/mol. The summed E-state index contributed by atoms with van der Waals surface area (Å²) in [6.07, 6.45) is -4.58. The summed E-state index contributed by atoms with van der Waals surface area (Å²) in [5.41, 5.74) is -1.23. The van der Waals surface area contributed by atoms with Crippen molar-refractivity contribution >= 4 is 11.9 Å². The fraction of sp³-hybridized carbons (Fsp3) is 0.619. The molecule has 11 nitrogen and oxygen atoms in total. The second-order valence-electron chi connectivity index (χ2n) is 8.18. The normalized spacial score (nSPS) is 27.6. The molecule has 2 rings (SSSR count). The average molecular weight is 456 g/mol. The lowest BCUT2D eigenvalue weighted by atomic mass is 9.92. The van der Waals surface area contributed by atoms with Crippen molar-refractivity contribution in [1.29, 1.82) is 0 Å². The Hall–Kier alpha value is -2.28. The van der Waals surface area contributed by atoms with Crippen molar-refractivity contribution < 1.29 is 44.6 Å². The van der Waals surface area contributed by atoms with E-state index >= 15 is 0 Å². The smallest absolute Gasteiger partial charge is 0.328 e. The zero-order valence-electron chi connectivity index (χ0n) is 18.3. The summed E-state index contributed by atoms with van der Waals surface area (Å²) in [6, 6.07) is 4.03. The van der Waals surface area contributed by atoms with Crippen LogP contribution in [0.3, 0.4) is 0 Å². The highest BCUT2D eigenvalue weighted by Crippen LogP contribution is 2.25. The van der Waals surface area contributed by atoms with Gasteiger partial charge in [0.15, 0.2) is 5.72 Å². The summed E-state index contributed by atoms with van der Waals surface area (Å²) in [7, 11) is 1.19. The molecule has 1 fully saturated rings. The first-order valence-corrected chi connectivity index (χ1v) is 10.3. The SMILES string of the molecule is COC(=O)C(Cc1ccc(O)cc1)NC(=O)C(N[C@]1(CO)OC[C@@H](O)[C@@H](O)[C@@H]1O)C(C)C. The van der Waals surface area contributed by atoms with Gasteiger partial charge in [-0.15, -0.1) is 0 Å². The number of methoxy groups -OCH3 is 1. The Bertz CT molecular complexity index is 773. The van der Waals surface area contributed by atoms with Crippen LogP contribution in [0.5, 0.6) is 5.75 Å². The molecule has 1 aliphatic heterocycles. The highest BCUT2D eigenvalue weighted by molar-refractivity contribution is 5.88. The molecular formula is C21H32N2O9. The highest BCUT2D eigenvalue weighted by atomic mass is 16.6. The molecule has 2 unspecified atom stereocenters. The standard InChI is InChI=1S/C21H32N2O9/c1-11(2)16(23-21(10-24)18(28)17(27)15(26)9-32-21)19(29)22-14(20(30)31-3)8-12-4-6-13(25)7-5-12/h4-7,11,14-18,23-28H,8-10H2,1-3H3,(H,22,29)/t14?,15-,16?,17-,18+,21-/m1/s1. The first-order chi connectivity index (χ1) is 15.0. The molecule has 0 saturated carbocycles. The first kappa shape index (κ1) is 26.0. The fourth-order valence-electron chi connectivity index (χ4n) is 3.48. The Morgan fingerprint density at radius 1 is 1.22 bits per heavy atom. The Balaban J connectivity index is 2.21. The van der Waals surface area contributed by atoms with Gasteiger partial charge in [-0.05, 0) is 23.6 Å². The minimum atomic E-state index is -1.90. The van der Waals surface area contributed by atoms with Crippen LogP contribution in [0.15, 0.2) is 24.3 Å². The van der Waals surface area contributed by atoms with Gasteiger partial charge in [0.2, 0.25) is 5.91 Å². The van der Waals surface area contributed by atoms with E-state index < -0.39 is 54.6 Å². The van der Waals surface area contributed by atoms with Crippen LogP contribution in [0, 0.1) is 5.92 Å². The van der Waals surface area contributed by atoms with Gasteiger partial charge in [0.1, 0.15) is 30.1 Å². The van der Waals surface area contributed by atoms with Crippen LogP contribution in [-0.2, 0) is 25.5 Å². The van der Waals surface area contributed by atoms with Crippen molar-refractivity contribution in [2.24, 2.45) is 5.92 Å². The summed E-state index contributed by atoms with van der Waals surface area (Å²) >= 11 is 0. The van der Waals surface area contributed by atoms with Gasteiger partial charge >= 0.3 is 5.97 Å². The lowest BCUT2D eigenvalue weighted by Crippen LogP contribution is -2.72. The lowest BCUT2D eigenvalue weighted by molar-refractivity contribution is -0.261. The molecule has 1 saturated heterocycles. The average Bonchev–Trinajstić information content (AvgIpc) is 2.77. The summed E-state index contributed by atoms with van der Waals surface area (Å²) in [5.74, 6) is -1.63. The van der Waals surface area contributed by atoms with Crippen LogP contribution < -0.4 is 10.6 Å². The summed E-state index contributed by atoms with van der Waals surface area (Å²) < 4.78 is 10.2. The Morgan fingerprint density at radius 2 is 1.84 bits per heavy atom. The maximum atomic E-state index is 13.1. The zero-order chi connectivity index (χ0) is 24.1. The molecule has 0 bridgehead atoms. The molecule has 1 heterocycles. The number of phenols is 1. The minimum absolute atomic E-state index is 0.0594. The molecule has 6 atom stereocenters. The molecule has 7 N–H and O–H groups in total. The molecule has 0 aromatic heterocycles. The summed E-state index contributed by atoms with van der Waals surface area (Å²) in [4.78, 5) is 25.4. The van der Waals surface area contributed by atoms with Crippen LogP contribution in [0.1, 0.15) is 19.4 Å². The number of carbonyl (C=O) groups is 2. The Labute approximate surface area is 186 Å². The molecule has 1 aliphatic rings. The lowest BCUT2D eigenvalue weighted by Gasteiger charge is -2.46. The van der Waals surface area contributed by atoms with E-state index in [9.17, 15) is 35.1 Å². The van der Waals surface area contributed by atoms with E-state index in [-0.39, 0.29) is 24.7 Å². The Kier molecular flexibility index (Phi) is 8.96. The van der Waals surface area contributed by atoms with Crippen LogP contribution in [0.25, 0.3) is 0 Å². The monoisotopic (exact) mass is 456 g/mol. The quantitative estimate of drug-likeness (QED) is 0.206. The van der Waals surface area contributed by atoms with Crippen LogP contribution >= 0.6 is 0 Å². The molecule has 180 valence electrons. The minimum Gasteiger partial charge on any atom is -0.508 e. The van der Waals surface area contributed by atoms with Gasteiger partial charge in [0.05, 0.1) is 26.4 Å². The van der Waals surface area contributed by atoms with Gasteiger partial charge in [-0.3, -0.25) is 10.1 Å². The number of aliphatic hydroxyl groups is 4. The molecule has 0 spiro atoms. The maximum Gasteiger partial charge on any atom is 0.328 e. The molecule has 32 heavy (non-hydrogen) atoms. The number of esters is 1. The van der Waals surface area contributed by atoms with Gasteiger partial charge in [0.25, 0.3) is 0 Å². The number of nitrogens with one attached hydrogen (secondary N) is 2. The number of aromatic hydroxyl groups is 1. The number of aliphatic hydroxyl groups excluding tert-OH is 4. The Morgan fingerprint density at radius 3 is 2.38 bits per heavy atom. The number of hydrogen-bond acceptors (Lipinski definition) is 10. The van der Waals surface area contributed by atoms with Crippen molar-refractivity contribution in [2.75, 3.05) is 20.3 Å². The number of rotatable bonds is 9. The number of phenolic OH excluding ortho intramolecular Hbond substituents is 1. The third-order valence-corrected chi connectivity index (χ3v) is 5.47. The van der Waals surface area contributed by atoms with E-state index in [2.05, 4.69) is 10.6 Å². The van der Waals surface area contributed by atoms with E-state index in [1.54, 1.807) is 26.0 Å². The molecular weight excluding hydrogens is 424 g/mol. The predicted octanol–water partition coefficient (Wildman–Crippen LogP) is -1.99. The van der Waals surface area contributed by atoms with Crippen LogP contribution in [-0.4, -0.2) is 93.9 Å². The summed E-state index contributed by atoms with van der Waals surface area (Å²) in [6.45, 7) is 2.25. The molecule has 0 radical (unpaired) electrons. The van der Waals surface area contributed by atoms with Crippen molar-refractivity contribution in [1.82, 2.24) is 10.6 Å². The maximum absolute atomic E-state index is 13.1. The van der Waals surface area contributed by atoms with Crippen LogP contribution in [0.2, 0.25) is 0 Å². The number of benzene rings is 1. The van der Waals surface area contributed by atoms with Gasteiger partial charge in [-0.25, -0.2) is 4.79 Å². The summed E-state index contributed by atoms with van der Waals surface area (Å²) in [5, 5.41) is 54.8. The topological polar surface area (TPSA) is 178 Å². The van der Waals surface area contributed by atoms with Gasteiger partial charge in [-0.1, -0.05) is 26.0 Å². The van der Waals surface area contributed by atoms with Crippen LogP contribution in [0.4, 0.5) is 0 Å². The number of carbonyl (C=O) groups excluding carboxylic acids is 2. The zero-order valence-corrected chi connectivity index (χ0v) is 18.3. The second-order valence-corrected chi connectivity index (χ2v) is 8.18. The van der Waals surface area contributed by atoms with E-state index in [4.69, 9.17) is 9.47 Å². The molecule has 1 amide bonds. The van der Waals surface area contributed by atoms with Crippen molar-refractivity contribution in [3.8, 4) is 5.75 Å². The van der Waals surface area contributed by atoms with Crippen molar-refractivity contribution in [2.45, 2.75) is 56.4 Å². The van der Waals surface area contributed by atoms with E-state index in [1.165, 1.54) is 19.2 Å². The van der Waals surface area contributed by atoms with E-state index in [1.807, 2.05) is 0 Å². The van der Waals surface area contributed by atoms with Gasteiger partial charge in [0, 0.05) is 6.42 Å². The first-order valence-electron chi connectivity index (χ1n) is 10.3. The highest BCUT2D eigenvalue weighted by Gasteiger charge is 2.51. The van der Waals surface area contributed by atoms with Gasteiger partial charge in [-0.2, -0.15) is 0 Å². The fourth-order valence-corrected chi connectivity index (χ4v) is 3.48. The van der Waals surface area contributed by atoms with Gasteiger partial charge < -0.3 is 40.3 Å². The second kappa shape index (κ2) is 11.0. The third kappa shape index (κ3) is 5.94. The van der Waals surface area contributed by atoms with E-state index in [0.29, 0.717) is 5.56 Å². The van der Waals surface area contributed by atoms with Crippen molar-refractivity contribution in [3.63, 3.8) is 0 Å². The molecule has 1 aromatic rings. The van der Waals surface area contributed by atoms with Crippen molar-refractivity contribution in [3.05, 3.63) is 29.8 Å². The third-order valence-electron chi connectivity index (χ3n) is 5.47.